The molecule has 1 heterocycles. The van der Waals surface area contributed by atoms with E-state index in [0.717, 1.165) is 39.3 Å². The van der Waals surface area contributed by atoms with E-state index in [-0.39, 0.29) is 18.4 Å². The molecule has 31 heavy (non-hydrogen) atoms. The van der Waals surface area contributed by atoms with Crippen molar-refractivity contribution in [2.75, 3.05) is 13.6 Å². The van der Waals surface area contributed by atoms with Crippen LogP contribution in [0.25, 0.3) is 5.69 Å². The van der Waals surface area contributed by atoms with Crippen LogP contribution in [0.2, 0.25) is 0 Å². The second-order valence-corrected chi connectivity index (χ2v) is 8.16. The van der Waals surface area contributed by atoms with Crippen LogP contribution in [0.3, 0.4) is 0 Å². The standard InChI is InChI=1S/C25H30N4O2/c1-16-11-17(2)13-21(12-16)25(31)26-14-24(30)28(6)15-22-19(4)27-29(20(22)5)23-10-8-7-9-18(23)3/h7-13H,14-15H2,1-6H3,(H,26,31). The summed E-state index contributed by atoms with van der Waals surface area (Å²) in [4.78, 5) is 26.7. The Hall–Kier alpha value is -3.41. The van der Waals surface area contributed by atoms with Crippen molar-refractivity contribution in [1.82, 2.24) is 20.0 Å². The van der Waals surface area contributed by atoms with E-state index in [9.17, 15) is 9.59 Å². The Kier molecular flexibility index (Phi) is 6.59. The summed E-state index contributed by atoms with van der Waals surface area (Å²) in [6.07, 6.45) is 0. The van der Waals surface area contributed by atoms with E-state index in [4.69, 9.17) is 5.10 Å². The SMILES string of the molecule is Cc1cc(C)cc(C(=O)NCC(=O)N(C)Cc2c(C)nn(-c3ccccc3C)c2C)c1. The maximum atomic E-state index is 12.7. The average molecular weight is 419 g/mol. The summed E-state index contributed by atoms with van der Waals surface area (Å²) in [6.45, 7) is 10.3. The Morgan fingerprint density at radius 2 is 1.65 bits per heavy atom. The number of benzene rings is 2. The van der Waals surface area contributed by atoms with E-state index in [1.807, 2.05) is 68.8 Å². The number of aryl methyl sites for hydroxylation is 4. The molecule has 2 amide bonds. The van der Waals surface area contributed by atoms with Gasteiger partial charge in [0.15, 0.2) is 0 Å². The number of para-hydroxylation sites is 1. The second kappa shape index (κ2) is 9.16. The zero-order chi connectivity index (χ0) is 22.7. The normalized spacial score (nSPS) is 10.8. The van der Waals surface area contributed by atoms with Gasteiger partial charge >= 0.3 is 0 Å². The fraction of sp³-hybridized carbons (Fsp3) is 0.320. The van der Waals surface area contributed by atoms with Gasteiger partial charge in [-0.15, -0.1) is 0 Å². The summed E-state index contributed by atoms with van der Waals surface area (Å²) in [7, 11) is 1.75. The van der Waals surface area contributed by atoms with E-state index < -0.39 is 0 Å². The van der Waals surface area contributed by atoms with E-state index in [2.05, 4.69) is 18.3 Å². The highest BCUT2D eigenvalue weighted by Gasteiger charge is 2.18. The van der Waals surface area contributed by atoms with E-state index >= 15 is 0 Å². The molecule has 6 heteroatoms. The van der Waals surface area contributed by atoms with Gasteiger partial charge in [0, 0.05) is 30.4 Å². The van der Waals surface area contributed by atoms with Crippen LogP contribution in [0.1, 0.15) is 44.0 Å². The molecule has 6 nitrogen and oxygen atoms in total. The number of aromatic nitrogens is 2. The fourth-order valence-corrected chi connectivity index (χ4v) is 3.76. The van der Waals surface area contributed by atoms with E-state index in [1.54, 1.807) is 11.9 Å². The van der Waals surface area contributed by atoms with Crippen molar-refractivity contribution in [2.24, 2.45) is 0 Å². The Bertz CT molecular complexity index is 1110. The number of rotatable bonds is 6. The molecule has 0 saturated carbocycles. The molecule has 0 radical (unpaired) electrons. The number of amides is 2. The summed E-state index contributed by atoms with van der Waals surface area (Å²) in [5, 5.41) is 7.43. The van der Waals surface area contributed by atoms with Crippen molar-refractivity contribution in [1.29, 1.82) is 0 Å². The topological polar surface area (TPSA) is 67.2 Å². The first-order valence-electron chi connectivity index (χ1n) is 10.4. The summed E-state index contributed by atoms with van der Waals surface area (Å²) >= 11 is 0. The van der Waals surface area contributed by atoms with E-state index in [0.29, 0.717) is 12.1 Å². The molecule has 0 aliphatic rings. The van der Waals surface area contributed by atoms with Gasteiger partial charge in [-0.1, -0.05) is 35.4 Å². The van der Waals surface area contributed by atoms with Gasteiger partial charge < -0.3 is 10.2 Å². The van der Waals surface area contributed by atoms with Crippen LogP contribution < -0.4 is 5.32 Å². The van der Waals surface area contributed by atoms with Gasteiger partial charge in [0.1, 0.15) is 0 Å². The molecular formula is C25H30N4O2. The minimum Gasteiger partial charge on any atom is -0.343 e. The summed E-state index contributed by atoms with van der Waals surface area (Å²) in [5.74, 6) is -0.395. The first kappa shape index (κ1) is 22.3. The van der Waals surface area contributed by atoms with Crippen molar-refractivity contribution in [2.45, 2.75) is 41.2 Å². The molecule has 0 unspecified atom stereocenters. The minimum absolute atomic E-state index is 0.0493. The summed E-state index contributed by atoms with van der Waals surface area (Å²) < 4.78 is 1.93. The average Bonchev–Trinajstić information content (AvgIpc) is 2.99. The van der Waals surface area contributed by atoms with Crippen molar-refractivity contribution in [3.05, 3.63) is 81.7 Å². The lowest BCUT2D eigenvalue weighted by atomic mass is 10.1. The summed E-state index contributed by atoms with van der Waals surface area (Å²) in [6, 6.07) is 13.7. The molecule has 0 bridgehead atoms. The molecule has 162 valence electrons. The molecule has 0 saturated heterocycles. The maximum absolute atomic E-state index is 12.7. The monoisotopic (exact) mass is 418 g/mol. The Balaban J connectivity index is 1.67. The van der Waals surface area contributed by atoms with Crippen molar-refractivity contribution >= 4 is 11.8 Å². The fourth-order valence-electron chi connectivity index (χ4n) is 3.76. The third-order valence-electron chi connectivity index (χ3n) is 5.49. The van der Waals surface area contributed by atoms with Crippen molar-refractivity contribution in [3.63, 3.8) is 0 Å². The molecule has 0 fully saturated rings. The molecule has 0 aliphatic heterocycles. The predicted octanol–water partition coefficient (Wildman–Crippen LogP) is 3.80. The van der Waals surface area contributed by atoms with Crippen LogP contribution in [0.5, 0.6) is 0 Å². The van der Waals surface area contributed by atoms with Crippen LogP contribution in [0, 0.1) is 34.6 Å². The lowest BCUT2D eigenvalue weighted by molar-refractivity contribution is -0.129. The van der Waals surface area contributed by atoms with Crippen molar-refractivity contribution in [3.8, 4) is 5.69 Å². The van der Waals surface area contributed by atoms with Gasteiger partial charge in [0.25, 0.3) is 5.91 Å². The first-order valence-corrected chi connectivity index (χ1v) is 10.4. The van der Waals surface area contributed by atoms with Crippen LogP contribution in [0.15, 0.2) is 42.5 Å². The largest absolute Gasteiger partial charge is 0.343 e. The molecule has 3 aromatic rings. The number of hydrogen-bond acceptors (Lipinski definition) is 3. The zero-order valence-corrected chi connectivity index (χ0v) is 19.1. The van der Waals surface area contributed by atoms with Crippen LogP contribution in [-0.2, 0) is 11.3 Å². The Morgan fingerprint density at radius 1 is 1.00 bits per heavy atom. The first-order chi connectivity index (χ1) is 14.7. The van der Waals surface area contributed by atoms with Crippen LogP contribution in [-0.4, -0.2) is 40.1 Å². The number of nitrogens with one attached hydrogen (secondary N) is 1. The number of carbonyl (C=O) groups excluding carboxylic acids is 2. The van der Waals surface area contributed by atoms with Gasteiger partial charge in [-0.05, 0) is 58.4 Å². The van der Waals surface area contributed by atoms with E-state index in [1.165, 1.54) is 0 Å². The predicted molar refractivity (Wildman–Crippen MR) is 122 cm³/mol. The van der Waals surface area contributed by atoms with Gasteiger partial charge in [-0.2, -0.15) is 5.10 Å². The van der Waals surface area contributed by atoms with Crippen LogP contribution >= 0.6 is 0 Å². The third-order valence-corrected chi connectivity index (χ3v) is 5.49. The van der Waals surface area contributed by atoms with Gasteiger partial charge in [-0.25, -0.2) is 4.68 Å². The Labute approximate surface area is 183 Å². The summed E-state index contributed by atoms with van der Waals surface area (Å²) in [5.41, 5.74) is 7.68. The molecule has 1 aromatic heterocycles. The molecule has 2 aromatic carbocycles. The molecular weight excluding hydrogens is 388 g/mol. The minimum atomic E-state index is -0.242. The van der Waals surface area contributed by atoms with Gasteiger partial charge in [-0.3, -0.25) is 9.59 Å². The second-order valence-electron chi connectivity index (χ2n) is 8.16. The quantitative estimate of drug-likeness (QED) is 0.662. The molecule has 0 atom stereocenters. The van der Waals surface area contributed by atoms with Gasteiger partial charge in [0.2, 0.25) is 5.91 Å². The molecule has 0 aliphatic carbocycles. The number of carbonyl (C=O) groups is 2. The molecule has 1 N–H and O–H groups in total. The lowest BCUT2D eigenvalue weighted by Gasteiger charge is -2.18. The van der Waals surface area contributed by atoms with Crippen molar-refractivity contribution < 1.29 is 9.59 Å². The molecule has 3 rings (SSSR count). The highest BCUT2D eigenvalue weighted by Crippen LogP contribution is 2.21. The zero-order valence-electron chi connectivity index (χ0n) is 19.1. The molecule has 0 spiro atoms. The van der Waals surface area contributed by atoms with Crippen LogP contribution in [0.4, 0.5) is 0 Å². The number of hydrogen-bond donors (Lipinski definition) is 1. The lowest BCUT2D eigenvalue weighted by Crippen LogP contribution is -2.38. The van der Waals surface area contributed by atoms with Gasteiger partial charge in [0.05, 0.1) is 17.9 Å². The Morgan fingerprint density at radius 3 is 2.29 bits per heavy atom. The highest BCUT2D eigenvalue weighted by atomic mass is 16.2. The maximum Gasteiger partial charge on any atom is 0.251 e. The third kappa shape index (κ3) is 5.02. The highest BCUT2D eigenvalue weighted by molar-refractivity contribution is 5.96. The number of likely N-dealkylation sites (N-methyl/N-ethyl adjacent to an activating group) is 1. The smallest absolute Gasteiger partial charge is 0.251 e. The number of nitrogens with zero attached hydrogens (tertiary/aromatic N) is 3.